The van der Waals surface area contributed by atoms with Gasteiger partial charge in [-0.2, -0.15) is 0 Å². The van der Waals surface area contributed by atoms with Crippen LogP contribution >= 0.6 is 0 Å². The molecule has 3 rings (SSSR count). The Kier molecular flexibility index (Phi) is 4.23. The van der Waals surface area contributed by atoms with Gasteiger partial charge in [0.25, 0.3) is 5.56 Å². The predicted molar refractivity (Wildman–Crippen MR) is 93.7 cm³/mol. The Morgan fingerprint density at radius 1 is 1.26 bits per heavy atom. The van der Waals surface area contributed by atoms with Crippen LogP contribution in [0.15, 0.2) is 29.1 Å². The molecule has 23 heavy (non-hydrogen) atoms. The first-order valence-corrected chi connectivity index (χ1v) is 8.25. The maximum absolute atomic E-state index is 12.5. The van der Waals surface area contributed by atoms with Gasteiger partial charge in [-0.3, -0.25) is 4.79 Å². The summed E-state index contributed by atoms with van der Waals surface area (Å²) >= 11 is 0. The molecule has 1 fully saturated rings. The largest absolute Gasteiger partial charge is 0.316 e. The quantitative estimate of drug-likeness (QED) is 0.885. The molecular formula is C19H23N3O. The van der Waals surface area contributed by atoms with Crippen LogP contribution in [0.2, 0.25) is 0 Å². The summed E-state index contributed by atoms with van der Waals surface area (Å²) in [5.74, 6) is 0. The second-order valence-electron chi connectivity index (χ2n) is 6.67. The standard InChI is InChI=1S/C19H23N3O/c1-14-4-5-16-15(2)13-18(23)22(17(16)12-14)11-8-19(20-3)6-9-21-10-7-19/h4-5,12-13,21H,6-11H2,1-2H3. The lowest BCUT2D eigenvalue weighted by Crippen LogP contribution is -2.40. The molecule has 120 valence electrons. The van der Waals surface area contributed by atoms with E-state index in [0.717, 1.165) is 54.4 Å². The fraction of sp³-hybridized carbons (Fsp3) is 0.474. The summed E-state index contributed by atoms with van der Waals surface area (Å²) in [6.07, 6.45) is 2.48. The van der Waals surface area contributed by atoms with E-state index >= 15 is 0 Å². The number of aromatic nitrogens is 1. The monoisotopic (exact) mass is 309 g/mol. The smallest absolute Gasteiger partial charge is 0.251 e. The molecule has 0 amide bonds. The van der Waals surface area contributed by atoms with E-state index in [2.05, 4.69) is 28.4 Å². The third kappa shape index (κ3) is 3.02. The summed E-state index contributed by atoms with van der Waals surface area (Å²) in [6.45, 7) is 14.0. The van der Waals surface area contributed by atoms with Gasteiger partial charge in [-0.15, -0.1) is 0 Å². The van der Waals surface area contributed by atoms with Crippen LogP contribution < -0.4 is 10.9 Å². The zero-order valence-electron chi connectivity index (χ0n) is 13.9. The van der Waals surface area contributed by atoms with Crippen LogP contribution in [0.25, 0.3) is 15.7 Å². The molecule has 1 aliphatic rings. The first-order chi connectivity index (χ1) is 11.0. The number of fused-ring (bicyclic) bond motifs is 1. The maximum Gasteiger partial charge on any atom is 0.251 e. The highest BCUT2D eigenvalue weighted by molar-refractivity contribution is 5.83. The molecule has 1 aromatic heterocycles. The Morgan fingerprint density at radius 3 is 2.70 bits per heavy atom. The zero-order valence-corrected chi connectivity index (χ0v) is 13.9. The van der Waals surface area contributed by atoms with E-state index in [9.17, 15) is 4.79 Å². The summed E-state index contributed by atoms with van der Waals surface area (Å²) in [7, 11) is 0. The molecule has 0 spiro atoms. The minimum atomic E-state index is -0.314. The molecule has 0 radical (unpaired) electrons. The Balaban J connectivity index is 1.98. The summed E-state index contributed by atoms with van der Waals surface area (Å²) in [5, 5.41) is 4.44. The Hall–Kier alpha value is -2.12. The predicted octanol–water partition coefficient (Wildman–Crippen LogP) is 3.05. The van der Waals surface area contributed by atoms with E-state index in [1.54, 1.807) is 6.07 Å². The molecular weight excluding hydrogens is 286 g/mol. The third-order valence-corrected chi connectivity index (χ3v) is 5.05. The molecule has 1 aromatic carbocycles. The van der Waals surface area contributed by atoms with Gasteiger partial charge in [0, 0.05) is 50.3 Å². The van der Waals surface area contributed by atoms with Gasteiger partial charge in [-0.25, -0.2) is 6.57 Å². The molecule has 2 heterocycles. The van der Waals surface area contributed by atoms with Crippen LogP contribution in [-0.4, -0.2) is 23.2 Å². The number of nitrogens with one attached hydrogen (secondary N) is 1. The number of piperidine rings is 1. The summed E-state index contributed by atoms with van der Waals surface area (Å²) in [4.78, 5) is 16.4. The van der Waals surface area contributed by atoms with Gasteiger partial charge in [0.05, 0.1) is 5.52 Å². The van der Waals surface area contributed by atoms with Crippen LogP contribution in [0.4, 0.5) is 0 Å². The Morgan fingerprint density at radius 2 is 2.00 bits per heavy atom. The van der Waals surface area contributed by atoms with Gasteiger partial charge in [-0.05, 0) is 31.0 Å². The average molecular weight is 309 g/mol. The van der Waals surface area contributed by atoms with Crippen molar-refractivity contribution in [3.05, 3.63) is 57.2 Å². The first kappa shape index (κ1) is 15.8. The highest BCUT2D eigenvalue weighted by Crippen LogP contribution is 2.28. The highest BCUT2D eigenvalue weighted by atomic mass is 16.1. The van der Waals surface area contributed by atoms with Gasteiger partial charge >= 0.3 is 0 Å². The van der Waals surface area contributed by atoms with Crippen molar-refractivity contribution < 1.29 is 0 Å². The SMILES string of the molecule is [C-]#[N+]C1(CCn2c(=O)cc(C)c3ccc(C)cc32)CCNCC1. The average Bonchev–Trinajstić information content (AvgIpc) is 2.55. The number of nitrogens with zero attached hydrogens (tertiary/aromatic N) is 2. The van der Waals surface area contributed by atoms with Crippen molar-refractivity contribution in [2.45, 2.75) is 45.2 Å². The Labute approximate surface area is 137 Å². The summed E-state index contributed by atoms with van der Waals surface area (Å²) < 4.78 is 1.85. The number of hydrogen-bond acceptors (Lipinski definition) is 2. The number of hydrogen-bond donors (Lipinski definition) is 1. The number of rotatable bonds is 3. The molecule has 1 aliphatic heterocycles. The first-order valence-electron chi connectivity index (χ1n) is 8.25. The fourth-order valence-electron chi connectivity index (χ4n) is 3.52. The van der Waals surface area contributed by atoms with Gasteiger partial charge in [0.1, 0.15) is 0 Å². The fourth-order valence-corrected chi connectivity index (χ4v) is 3.52. The lowest BCUT2D eigenvalue weighted by molar-refractivity contribution is 0.326. The van der Waals surface area contributed by atoms with Crippen molar-refractivity contribution in [3.63, 3.8) is 0 Å². The molecule has 1 N–H and O–H groups in total. The van der Waals surface area contributed by atoms with Gasteiger partial charge in [0.15, 0.2) is 0 Å². The van der Waals surface area contributed by atoms with Crippen molar-refractivity contribution in [3.8, 4) is 0 Å². The van der Waals surface area contributed by atoms with Crippen LogP contribution in [-0.2, 0) is 6.54 Å². The van der Waals surface area contributed by atoms with Crippen LogP contribution in [0, 0.1) is 20.4 Å². The van der Waals surface area contributed by atoms with E-state index < -0.39 is 0 Å². The van der Waals surface area contributed by atoms with Gasteiger partial charge in [0.2, 0.25) is 5.54 Å². The number of pyridine rings is 1. The van der Waals surface area contributed by atoms with E-state index in [0.29, 0.717) is 6.54 Å². The Bertz CT molecular complexity index is 823. The van der Waals surface area contributed by atoms with E-state index in [1.807, 2.05) is 18.4 Å². The molecule has 0 saturated carbocycles. The van der Waals surface area contributed by atoms with Crippen LogP contribution in [0.1, 0.15) is 30.4 Å². The second kappa shape index (κ2) is 6.17. The zero-order chi connectivity index (χ0) is 16.4. The van der Waals surface area contributed by atoms with Crippen molar-refractivity contribution in [2.24, 2.45) is 0 Å². The molecule has 2 aromatic rings. The molecule has 0 bridgehead atoms. The molecule has 4 nitrogen and oxygen atoms in total. The highest BCUT2D eigenvalue weighted by Gasteiger charge is 2.37. The number of benzene rings is 1. The van der Waals surface area contributed by atoms with E-state index in [4.69, 9.17) is 6.57 Å². The second-order valence-corrected chi connectivity index (χ2v) is 6.67. The maximum atomic E-state index is 12.5. The number of aryl methyl sites for hydroxylation is 3. The van der Waals surface area contributed by atoms with Gasteiger partial charge in [-0.1, -0.05) is 12.1 Å². The van der Waals surface area contributed by atoms with Crippen molar-refractivity contribution in [1.82, 2.24) is 9.88 Å². The molecule has 0 unspecified atom stereocenters. The minimum absolute atomic E-state index is 0.0367. The minimum Gasteiger partial charge on any atom is -0.316 e. The lowest BCUT2D eigenvalue weighted by atomic mass is 9.86. The van der Waals surface area contributed by atoms with Crippen molar-refractivity contribution in [2.75, 3.05) is 13.1 Å². The normalized spacial score (nSPS) is 17.1. The summed E-state index contributed by atoms with van der Waals surface area (Å²) in [6, 6.07) is 7.96. The lowest BCUT2D eigenvalue weighted by Gasteiger charge is -2.27. The van der Waals surface area contributed by atoms with Crippen molar-refractivity contribution in [1.29, 1.82) is 0 Å². The third-order valence-electron chi connectivity index (χ3n) is 5.05. The van der Waals surface area contributed by atoms with Crippen LogP contribution in [0.5, 0.6) is 0 Å². The van der Waals surface area contributed by atoms with Gasteiger partial charge < -0.3 is 14.7 Å². The molecule has 1 saturated heterocycles. The van der Waals surface area contributed by atoms with Crippen LogP contribution in [0.3, 0.4) is 0 Å². The van der Waals surface area contributed by atoms with Crippen molar-refractivity contribution >= 4 is 10.9 Å². The molecule has 0 aliphatic carbocycles. The molecule has 0 atom stereocenters. The molecule has 4 heteroatoms. The topological polar surface area (TPSA) is 38.4 Å². The summed E-state index contributed by atoms with van der Waals surface area (Å²) in [5.41, 5.74) is 2.88. The van der Waals surface area contributed by atoms with E-state index in [1.165, 1.54) is 0 Å². The van der Waals surface area contributed by atoms with E-state index in [-0.39, 0.29) is 11.1 Å².